The maximum atomic E-state index is 2.39. The van der Waals surface area contributed by atoms with E-state index in [4.69, 9.17) is 0 Å². The first kappa shape index (κ1) is 22.3. The largest absolute Gasteiger partial charge is 0.309 e. The van der Waals surface area contributed by atoms with Crippen molar-refractivity contribution in [2.75, 3.05) is 0 Å². The molecule has 38 heavy (non-hydrogen) atoms. The van der Waals surface area contributed by atoms with Crippen molar-refractivity contribution in [3.05, 3.63) is 151 Å². The third kappa shape index (κ3) is 3.90. The number of nitrogens with zero attached hydrogens (tertiary/aromatic N) is 1. The lowest BCUT2D eigenvalue weighted by Crippen LogP contribution is -1.93. The molecule has 0 radical (unpaired) electrons. The molecular formula is C37H27N. The molecule has 0 amide bonds. The zero-order valence-electron chi connectivity index (χ0n) is 21.3. The molecule has 0 saturated heterocycles. The van der Waals surface area contributed by atoms with Crippen LogP contribution in [0.25, 0.3) is 60.9 Å². The average molecular weight is 486 g/mol. The molecule has 0 bridgehead atoms. The Bertz CT molecular complexity index is 1890. The molecule has 0 unspecified atom stereocenters. The Labute approximate surface area is 223 Å². The summed E-state index contributed by atoms with van der Waals surface area (Å²) < 4.78 is 2.39. The molecule has 0 spiro atoms. The topological polar surface area (TPSA) is 4.93 Å². The van der Waals surface area contributed by atoms with E-state index in [2.05, 4.69) is 157 Å². The quantitative estimate of drug-likeness (QED) is 0.234. The van der Waals surface area contributed by atoms with E-state index in [-0.39, 0.29) is 0 Å². The first-order valence-corrected chi connectivity index (χ1v) is 13.1. The van der Waals surface area contributed by atoms with Gasteiger partial charge < -0.3 is 4.57 Å². The van der Waals surface area contributed by atoms with Gasteiger partial charge in [0.25, 0.3) is 0 Å². The van der Waals surface area contributed by atoms with Crippen molar-refractivity contribution in [3.8, 4) is 39.1 Å². The van der Waals surface area contributed by atoms with Gasteiger partial charge in [0.1, 0.15) is 0 Å². The Morgan fingerprint density at radius 1 is 0.368 bits per heavy atom. The van der Waals surface area contributed by atoms with E-state index in [0.717, 1.165) is 0 Å². The van der Waals surface area contributed by atoms with Gasteiger partial charge >= 0.3 is 0 Å². The number of rotatable bonds is 4. The number of aromatic nitrogens is 1. The summed E-state index contributed by atoms with van der Waals surface area (Å²) >= 11 is 0. The molecule has 0 saturated carbocycles. The number of hydrogen-bond acceptors (Lipinski definition) is 0. The van der Waals surface area contributed by atoms with Gasteiger partial charge in [0.05, 0.1) is 11.0 Å². The van der Waals surface area contributed by atoms with E-state index in [1.54, 1.807) is 0 Å². The van der Waals surface area contributed by atoms with Gasteiger partial charge in [-0.15, -0.1) is 0 Å². The third-order valence-electron chi connectivity index (χ3n) is 7.47. The van der Waals surface area contributed by atoms with Crippen LogP contribution in [0.2, 0.25) is 0 Å². The molecule has 1 aromatic heterocycles. The highest BCUT2D eigenvalue weighted by Crippen LogP contribution is 2.37. The molecule has 1 nitrogen and oxygen atoms in total. The molecule has 7 rings (SSSR count). The van der Waals surface area contributed by atoms with E-state index >= 15 is 0 Å². The van der Waals surface area contributed by atoms with Crippen LogP contribution >= 0.6 is 0 Å². The average Bonchev–Trinajstić information content (AvgIpc) is 3.31. The molecule has 180 valence electrons. The van der Waals surface area contributed by atoms with E-state index in [0.29, 0.717) is 0 Å². The van der Waals surface area contributed by atoms with E-state index < -0.39 is 0 Å². The fraction of sp³-hybridized carbons (Fsp3) is 0.0270. The molecule has 0 aliphatic rings. The van der Waals surface area contributed by atoms with Crippen LogP contribution in [0.5, 0.6) is 0 Å². The monoisotopic (exact) mass is 485 g/mol. The minimum Gasteiger partial charge on any atom is -0.309 e. The Kier molecular flexibility index (Phi) is 5.41. The van der Waals surface area contributed by atoms with Gasteiger partial charge in [-0.2, -0.15) is 0 Å². The van der Waals surface area contributed by atoms with Crippen molar-refractivity contribution in [2.24, 2.45) is 0 Å². The number of hydrogen-bond donors (Lipinski definition) is 0. The van der Waals surface area contributed by atoms with E-state index in [1.807, 2.05) is 0 Å². The molecule has 0 atom stereocenters. The fourth-order valence-corrected chi connectivity index (χ4v) is 5.49. The van der Waals surface area contributed by atoms with Crippen molar-refractivity contribution >= 4 is 21.8 Å². The number of fused-ring (bicyclic) bond motifs is 3. The standard InChI is InChI=1S/C37H27N/c1-26-15-17-28(18-16-26)29-11-8-12-30(23-29)31-20-22-36-35(24-31)34-21-19-32(27-9-4-2-5-10-27)25-37(34)38(36)33-13-6-3-7-14-33/h2-25H,1H3. The predicted octanol–water partition coefficient (Wildman–Crippen LogP) is 10.1. The molecule has 1 heterocycles. The first-order valence-electron chi connectivity index (χ1n) is 13.1. The van der Waals surface area contributed by atoms with Gasteiger partial charge in [0.15, 0.2) is 0 Å². The van der Waals surface area contributed by atoms with Crippen LogP contribution in [-0.4, -0.2) is 4.57 Å². The zero-order chi connectivity index (χ0) is 25.5. The predicted molar refractivity (Wildman–Crippen MR) is 162 cm³/mol. The highest BCUT2D eigenvalue weighted by atomic mass is 15.0. The van der Waals surface area contributed by atoms with Gasteiger partial charge in [-0.05, 0) is 76.7 Å². The summed E-state index contributed by atoms with van der Waals surface area (Å²) in [7, 11) is 0. The van der Waals surface area contributed by atoms with Crippen molar-refractivity contribution in [1.29, 1.82) is 0 Å². The summed E-state index contributed by atoms with van der Waals surface area (Å²) in [5.74, 6) is 0. The van der Waals surface area contributed by atoms with Crippen molar-refractivity contribution in [3.63, 3.8) is 0 Å². The summed E-state index contributed by atoms with van der Waals surface area (Å²) in [6.07, 6.45) is 0. The molecule has 0 aliphatic carbocycles. The molecule has 0 fully saturated rings. The Morgan fingerprint density at radius 2 is 0.921 bits per heavy atom. The molecule has 7 aromatic rings. The molecular weight excluding hydrogens is 458 g/mol. The van der Waals surface area contributed by atoms with Crippen LogP contribution in [0.4, 0.5) is 0 Å². The lowest BCUT2D eigenvalue weighted by Gasteiger charge is -2.10. The third-order valence-corrected chi connectivity index (χ3v) is 7.47. The minimum absolute atomic E-state index is 1.17. The normalized spacial score (nSPS) is 11.3. The first-order chi connectivity index (χ1) is 18.7. The Morgan fingerprint density at radius 3 is 1.68 bits per heavy atom. The Balaban J connectivity index is 1.42. The number of benzene rings is 6. The molecule has 0 aliphatic heterocycles. The van der Waals surface area contributed by atoms with Crippen molar-refractivity contribution < 1.29 is 0 Å². The molecule has 6 aromatic carbocycles. The Hall–Kier alpha value is -4.88. The van der Waals surface area contributed by atoms with Gasteiger partial charge in [0, 0.05) is 16.5 Å². The second-order valence-corrected chi connectivity index (χ2v) is 9.95. The summed E-state index contributed by atoms with van der Waals surface area (Å²) in [6.45, 7) is 2.13. The summed E-state index contributed by atoms with van der Waals surface area (Å²) in [4.78, 5) is 0. The van der Waals surface area contributed by atoms with Crippen LogP contribution in [0.15, 0.2) is 146 Å². The zero-order valence-corrected chi connectivity index (χ0v) is 21.3. The highest BCUT2D eigenvalue weighted by molar-refractivity contribution is 6.11. The smallest absolute Gasteiger partial charge is 0.0547 e. The maximum Gasteiger partial charge on any atom is 0.0547 e. The van der Waals surface area contributed by atoms with Crippen LogP contribution < -0.4 is 0 Å². The van der Waals surface area contributed by atoms with Gasteiger partial charge in [-0.25, -0.2) is 0 Å². The van der Waals surface area contributed by atoms with Crippen LogP contribution in [-0.2, 0) is 0 Å². The fourth-order valence-electron chi connectivity index (χ4n) is 5.49. The van der Waals surface area contributed by atoms with Crippen LogP contribution in [0, 0.1) is 6.92 Å². The number of para-hydroxylation sites is 1. The van der Waals surface area contributed by atoms with Crippen LogP contribution in [0.1, 0.15) is 5.56 Å². The van der Waals surface area contributed by atoms with Gasteiger partial charge in [-0.3, -0.25) is 0 Å². The SMILES string of the molecule is Cc1ccc(-c2cccc(-c3ccc4c(c3)c3ccc(-c5ccccc5)cc3n4-c3ccccc3)c2)cc1. The van der Waals surface area contributed by atoms with Crippen molar-refractivity contribution in [1.82, 2.24) is 4.57 Å². The highest BCUT2D eigenvalue weighted by Gasteiger charge is 2.14. The molecule has 0 N–H and O–H groups in total. The second kappa shape index (κ2) is 9.21. The lowest BCUT2D eigenvalue weighted by atomic mass is 9.97. The summed E-state index contributed by atoms with van der Waals surface area (Å²) in [6, 6.07) is 52.7. The van der Waals surface area contributed by atoms with Gasteiger partial charge in [0.2, 0.25) is 0 Å². The second-order valence-electron chi connectivity index (χ2n) is 9.95. The number of aryl methyl sites for hydroxylation is 1. The summed E-state index contributed by atoms with van der Waals surface area (Å²) in [5, 5.41) is 2.53. The summed E-state index contributed by atoms with van der Waals surface area (Å²) in [5.41, 5.74) is 12.3. The minimum atomic E-state index is 1.17. The van der Waals surface area contributed by atoms with Crippen LogP contribution in [0.3, 0.4) is 0 Å². The maximum absolute atomic E-state index is 2.39. The lowest BCUT2D eigenvalue weighted by molar-refractivity contribution is 1.18. The van der Waals surface area contributed by atoms with E-state index in [1.165, 1.54) is 66.4 Å². The van der Waals surface area contributed by atoms with Crippen molar-refractivity contribution in [2.45, 2.75) is 6.92 Å². The molecule has 1 heteroatoms. The van der Waals surface area contributed by atoms with Gasteiger partial charge in [-0.1, -0.05) is 115 Å². The van der Waals surface area contributed by atoms with E-state index in [9.17, 15) is 0 Å².